The Morgan fingerprint density at radius 3 is 1.22 bits per heavy atom. The third kappa shape index (κ3) is 18.6. The SMILES string of the molecule is CC(C)C(C)C.O=CO. The Kier molecular flexibility index (Phi) is 9.37. The molecule has 9 heavy (non-hydrogen) atoms. The van der Waals surface area contributed by atoms with Crippen molar-refractivity contribution in [1.82, 2.24) is 0 Å². The molecular weight excluding hydrogens is 116 g/mol. The van der Waals surface area contributed by atoms with Gasteiger partial charge in [-0.05, 0) is 11.8 Å². The normalized spacial score (nSPS) is 8.67. The van der Waals surface area contributed by atoms with Gasteiger partial charge in [-0.3, -0.25) is 4.79 Å². The van der Waals surface area contributed by atoms with Crippen molar-refractivity contribution in [2.75, 3.05) is 0 Å². The molecule has 0 aromatic heterocycles. The third-order valence-corrected chi connectivity index (χ3v) is 1.33. The van der Waals surface area contributed by atoms with Crippen molar-refractivity contribution >= 4 is 6.47 Å². The quantitative estimate of drug-likeness (QED) is 0.554. The maximum atomic E-state index is 8.36. The van der Waals surface area contributed by atoms with E-state index in [9.17, 15) is 0 Å². The second-order valence-electron chi connectivity index (χ2n) is 2.59. The van der Waals surface area contributed by atoms with Gasteiger partial charge >= 0.3 is 0 Å². The fraction of sp³-hybridized carbons (Fsp3) is 0.857. The van der Waals surface area contributed by atoms with Crippen LogP contribution >= 0.6 is 0 Å². The van der Waals surface area contributed by atoms with E-state index in [1.54, 1.807) is 0 Å². The van der Waals surface area contributed by atoms with Crippen molar-refractivity contribution in [3.63, 3.8) is 0 Å². The molecule has 0 aromatic rings. The minimum Gasteiger partial charge on any atom is -0.483 e. The number of hydrogen-bond donors (Lipinski definition) is 1. The van der Waals surface area contributed by atoms with Gasteiger partial charge in [0.25, 0.3) is 6.47 Å². The summed E-state index contributed by atoms with van der Waals surface area (Å²) in [7, 11) is 0. The lowest BCUT2D eigenvalue weighted by molar-refractivity contribution is -0.122. The van der Waals surface area contributed by atoms with E-state index >= 15 is 0 Å². The Hall–Kier alpha value is -0.530. The monoisotopic (exact) mass is 132 g/mol. The van der Waals surface area contributed by atoms with Crippen LogP contribution in [0.15, 0.2) is 0 Å². The summed E-state index contributed by atoms with van der Waals surface area (Å²) in [6.45, 7) is 8.71. The van der Waals surface area contributed by atoms with Gasteiger partial charge in [-0.2, -0.15) is 0 Å². The first kappa shape index (κ1) is 11.3. The molecule has 1 N–H and O–H groups in total. The molecule has 56 valence electrons. The van der Waals surface area contributed by atoms with E-state index in [-0.39, 0.29) is 6.47 Å². The molecule has 0 bridgehead atoms. The molecule has 2 nitrogen and oxygen atoms in total. The lowest BCUT2D eigenvalue weighted by atomic mass is 10.0. The first-order valence-corrected chi connectivity index (χ1v) is 3.14. The maximum Gasteiger partial charge on any atom is 0.290 e. The minimum absolute atomic E-state index is 0.250. The van der Waals surface area contributed by atoms with Crippen LogP contribution in [0.3, 0.4) is 0 Å². The third-order valence-electron chi connectivity index (χ3n) is 1.33. The topological polar surface area (TPSA) is 37.3 Å². The van der Waals surface area contributed by atoms with Gasteiger partial charge in [0.2, 0.25) is 0 Å². The van der Waals surface area contributed by atoms with E-state index in [1.807, 2.05) is 0 Å². The van der Waals surface area contributed by atoms with Crippen LogP contribution in [-0.4, -0.2) is 11.6 Å². The second kappa shape index (κ2) is 7.47. The molecule has 0 aliphatic carbocycles. The minimum atomic E-state index is -0.250. The zero-order valence-corrected chi connectivity index (χ0v) is 6.59. The fourth-order valence-electron chi connectivity index (χ4n) is 0. The van der Waals surface area contributed by atoms with Gasteiger partial charge < -0.3 is 5.11 Å². The number of carboxylic acid groups (broad SMARTS) is 1. The van der Waals surface area contributed by atoms with Crippen molar-refractivity contribution in [2.45, 2.75) is 27.7 Å². The molecule has 0 amide bonds. The highest BCUT2D eigenvalue weighted by Crippen LogP contribution is 2.05. The van der Waals surface area contributed by atoms with E-state index in [0.717, 1.165) is 11.8 Å². The van der Waals surface area contributed by atoms with Gasteiger partial charge in [0.15, 0.2) is 0 Å². The summed E-state index contributed by atoms with van der Waals surface area (Å²) in [5, 5.41) is 6.89. The summed E-state index contributed by atoms with van der Waals surface area (Å²) in [5.74, 6) is 1.70. The van der Waals surface area contributed by atoms with Crippen molar-refractivity contribution in [1.29, 1.82) is 0 Å². The average Bonchev–Trinajstić information content (AvgIpc) is 1.68. The van der Waals surface area contributed by atoms with Gasteiger partial charge in [-0.1, -0.05) is 27.7 Å². The number of hydrogen-bond acceptors (Lipinski definition) is 1. The van der Waals surface area contributed by atoms with Gasteiger partial charge in [0, 0.05) is 0 Å². The van der Waals surface area contributed by atoms with Crippen LogP contribution in [0.2, 0.25) is 0 Å². The Balaban J connectivity index is 0. The van der Waals surface area contributed by atoms with Crippen molar-refractivity contribution in [3.05, 3.63) is 0 Å². The van der Waals surface area contributed by atoms with Crippen LogP contribution in [0.1, 0.15) is 27.7 Å². The van der Waals surface area contributed by atoms with Crippen molar-refractivity contribution in [3.8, 4) is 0 Å². The standard InChI is InChI=1S/C6H14.CH2O2/c1-5(2)6(3)4;2-1-3/h5-6H,1-4H3;1H,(H,2,3). The van der Waals surface area contributed by atoms with E-state index in [0.29, 0.717) is 0 Å². The molecule has 0 spiro atoms. The van der Waals surface area contributed by atoms with Crippen molar-refractivity contribution in [2.24, 2.45) is 11.8 Å². The highest BCUT2D eigenvalue weighted by molar-refractivity contribution is 5.32. The van der Waals surface area contributed by atoms with Crippen molar-refractivity contribution < 1.29 is 9.90 Å². The highest BCUT2D eigenvalue weighted by atomic mass is 16.3. The predicted molar refractivity (Wildman–Crippen MR) is 38.4 cm³/mol. The maximum absolute atomic E-state index is 8.36. The Morgan fingerprint density at radius 2 is 1.22 bits per heavy atom. The Morgan fingerprint density at radius 1 is 1.11 bits per heavy atom. The molecule has 2 heteroatoms. The van der Waals surface area contributed by atoms with E-state index in [4.69, 9.17) is 9.90 Å². The summed E-state index contributed by atoms with van der Waals surface area (Å²) < 4.78 is 0. The average molecular weight is 132 g/mol. The summed E-state index contributed by atoms with van der Waals surface area (Å²) in [6.07, 6.45) is 0. The fourth-order valence-corrected chi connectivity index (χ4v) is 0. The molecule has 0 radical (unpaired) electrons. The number of rotatable bonds is 1. The summed E-state index contributed by atoms with van der Waals surface area (Å²) in [6, 6.07) is 0. The smallest absolute Gasteiger partial charge is 0.290 e. The first-order valence-electron chi connectivity index (χ1n) is 3.14. The zero-order valence-electron chi connectivity index (χ0n) is 6.59. The summed E-state index contributed by atoms with van der Waals surface area (Å²) >= 11 is 0. The van der Waals surface area contributed by atoms with Gasteiger partial charge in [-0.15, -0.1) is 0 Å². The Bertz CT molecular complexity index is 51.9. The van der Waals surface area contributed by atoms with Crippen LogP contribution in [0.25, 0.3) is 0 Å². The number of carbonyl (C=O) groups is 1. The molecule has 0 aromatic carbocycles. The molecule has 0 rings (SSSR count). The predicted octanol–water partition coefficient (Wildman–Crippen LogP) is 2.00. The first-order chi connectivity index (χ1) is 4.06. The lowest BCUT2D eigenvalue weighted by Crippen LogP contribution is -1.95. The highest BCUT2D eigenvalue weighted by Gasteiger charge is 1.95. The molecule has 0 aliphatic rings. The largest absolute Gasteiger partial charge is 0.483 e. The lowest BCUT2D eigenvalue weighted by Gasteiger charge is -2.05. The molecule has 0 unspecified atom stereocenters. The molecule has 0 saturated heterocycles. The molecule has 0 heterocycles. The zero-order chi connectivity index (χ0) is 7.86. The molecule has 0 aliphatic heterocycles. The van der Waals surface area contributed by atoms with Crippen LogP contribution in [0.5, 0.6) is 0 Å². The van der Waals surface area contributed by atoms with E-state index in [2.05, 4.69) is 27.7 Å². The molecule has 0 atom stereocenters. The molecular formula is C7H16O2. The van der Waals surface area contributed by atoms with Crippen LogP contribution in [0, 0.1) is 11.8 Å². The van der Waals surface area contributed by atoms with Crippen LogP contribution in [-0.2, 0) is 4.79 Å². The van der Waals surface area contributed by atoms with Gasteiger partial charge in [0.1, 0.15) is 0 Å². The Labute approximate surface area is 56.9 Å². The van der Waals surface area contributed by atoms with E-state index in [1.165, 1.54) is 0 Å². The summed E-state index contributed by atoms with van der Waals surface area (Å²) in [5.41, 5.74) is 0. The summed E-state index contributed by atoms with van der Waals surface area (Å²) in [4.78, 5) is 8.36. The van der Waals surface area contributed by atoms with Gasteiger partial charge in [0.05, 0.1) is 0 Å². The molecule has 0 saturated carbocycles. The van der Waals surface area contributed by atoms with Crippen LogP contribution < -0.4 is 0 Å². The molecule has 0 fully saturated rings. The van der Waals surface area contributed by atoms with E-state index < -0.39 is 0 Å². The van der Waals surface area contributed by atoms with Crippen LogP contribution in [0.4, 0.5) is 0 Å². The second-order valence-corrected chi connectivity index (χ2v) is 2.59. The van der Waals surface area contributed by atoms with Gasteiger partial charge in [-0.25, -0.2) is 0 Å².